The first-order chi connectivity index (χ1) is 9.09. The summed E-state index contributed by atoms with van der Waals surface area (Å²) in [6, 6.07) is 16.1. The Morgan fingerprint density at radius 1 is 0.947 bits per heavy atom. The van der Waals surface area contributed by atoms with E-state index in [1.165, 1.54) is 0 Å². The highest BCUT2D eigenvalue weighted by Gasteiger charge is 2.29. The van der Waals surface area contributed by atoms with Gasteiger partial charge in [0.25, 0.3) is 0 Å². The van der Waals surface area contributed by atoms with Crippen LogP contribution < -0.4 is 0 Å². The van der Waals surface area contributed by atoms with E-state index in [4.69, 9.17) is 0 Å². The maximum atomic E-state index is 11.4. The van der Waals surface area contributed by atoms with Crippen LogP contribution in [0.5, 0.6) is 0 Å². The fraction of sp³-hybridized carbons (Fsp3) is 0.188. The van der Waals surface area contributed by atoms with Crippen LogP contribution in [0.3, 0.4) is 0 Å². The molecule has 3 heteroatoms. The van der Waals surface area contributed by atoms with Gasteiger partial charge in [-0.3, -0.25) is 4.79 Å². The summed E-state index contributed by atoms with van der Waals surface area (Å²) < 4.78 is 0. The van der Waals surface area contributed by atoms with Gasteiger partial charge in [-0.05, 0) is 18.1 Å². The number of aryl methyl sites for hydroxylation is 1. The lowest BCUT2D eigenvalue weighted by Crippen LogP contribution is -2.20. The zero-order valence-electron chi connectivity index (χ0n) is 10.7. The molecule has 0 aliphatic carbocycles. The summed E-state index contributed by atoms with van der Waals surface area (Å²) in [4.78, 5) is 11.4. The van der Waals surface area contributed by atoms with E-state index >= 15 is 0 Å². The lowest BCUT2D eigenvalue weighted by molar-refractivity contribution is -0.141. The van der Waals surface area contributed by atoms with Crippen LogP contribution in [-0.2, 0) is 4.79 Å². The third-order valence-corrected chi connectivity index (χ3v) is 3.16. The molecule has 0 aliphatic heterocycles. The Labute approximate surface area is 112 Å². The Kier molecular flexibility index (Phi) is 3.97. The van der Waals surface area contributed by atoms with E-state index in [0.717, 1.165) is 5.56 Å². The number of hydrogen-bond donors (Lipinski definition) is 2. The highest BCUT2D eigenvalue weighted by atomic mass is 16.4. The number of aliphatic carboxylic acids is 1. The van der Waals surface area contributed by atoms with E-state index in [2.05, 4.69) is 0 Å². The molecule has 3 nitrogen and oxygen atoms in total. The van der Waals surface area contributed by atoms with Gasteiger partial charge in [-0.25, -0.2) is 0 Å². The van der Waals surface area contributed by atoms with Crippen molar-refractivity contribution in [1.29, 1.82) is 0 Å². The highest BCUT2D eigenvalue weighted by Crippen LogP contribution is 2.31. The third kappa shape index (κ3) is 3.01. The summed E-state index contributed by atoms with van der Waals surface area (Å²) in [7, 11) is 0. The fourth-order valence-corrected chi connectivity index (χ4v) is 2.08. The largest absolute Gasteiger partial charge is 0.481 e. The number of aliphatic hydroxyl groups excluding tert-OH is 1. The summed E-state index contributed by atoms with van der Waals surface area (Å²) in [6.45, 7) is 1.95. The second kappa shape index (κ2) is 5.67. The minimum Gasteiger partial charge on any atom is -0.481 e. The van der Waals surface area contributed by atoms with Crippen molar-refractivity contribution in [3.05, 3.63) is 71.3 Å². The summed E-state index contributed by atoms with van der Waals surface area (Å²) in [5, 5.41) is 19.7. The molecule has 2 atom stereocenters. The van der Waals surface area contributed by atoms with Gasteiger partial charge >= 0.3 is 5.97 Å². The van der Waals surface area contributed by atoms with Gasteiger partial charge in [0, 0.05) is 0 Å². The second-order valence-electron chi connectivity index (χ2n) is 4.58. The van der Waals surface area contributed by atoms with Crippen molar-refractivity contribution < 1.29 is 15.0 Å². The number of aliphatic hydroxyl groups is 1. The van der Waals surface area contributed by atoms with Crippen LogP contribution in [0, 0.1) is 6.92 Å². The predicted molar refractivity (Wildman–Crippen MR) is 73.0 cm³/mol. The topological polar surface area (TPSA) is 57.5 Å². The van der Waals surface area contributed by atoms with Crippen LogP contribution >= 0.6 is 0 Å². The van der Waals surface area contributed by atoms with Crippen molar-refractivity contribution in [3.63, 3.8) is 0 Å². The molecule has 0 saturated heterocycles. The molecule has 0 amide bonds. The predicted octanol–water partition coefficient (Wildman–Crippen LogP) is 2.90. The molecule has 2 aromatic carbocycles. The molecule has 0 fully saturated rings. The van der Waals surface area contributed by atoms with Crippen molar-refractivity contribution in [3.8, 4) is 0 Å². The van der Waals surface area contributed by atoms with Crippen molar-refractivity contribution in [2.24, 2.45) is 0 Å². The van der Waals surface area contributed by atoms with E-state index in [1.54, 1.807) is 36.4 Å². The maximum absolute atomic E-state index is 11.4. The Balaban J connectivity index is 2.35. The fourth-order valence-electron chi connectivity index (χ4n) is 2.08. The van der Waals surface area contributed by atoms with Gasteiger partial charge in [0.2, 0.25) is 0 Å². The molecular formula is C16H16O3. The average molecular weight is 256 g/mol. The van der Waals surface area contributed by atoms with Crippen LogP contribution in [0.15, 0.2) is 54.6 Å². The van der Waals surface area contributed by atoms with Gasteiger partial charge in [0.15, 0.2) is 0 Å². The lowest BCUT2D eigenvalue weighted by atomic mass is 9.89. The van der Waals surface area contributed by atoms with Crippen LogP contribution in [0.2, 0.25) is 0 Å². The minimum atomic E-state index is -1.06. The van der Waals surface area contributed by atoms with Crippen LogP contribution in [-0.4, -0.2) is 16.2 Å². The first kappa shape index (κ1) is 13.3. The van der Waals surface area contributed by atoms with E-state index < -0.39 is 18.0 Å². The molecule has 2 rings (SSSR count). The molecule has 98 valence electrons. The molecule has 0 heterocycles. The number of rotatable bonds is 4. The number of carboxylic acids is 1. The Morgan fingerprint density at radius 3 is 2.05 bits per heavy atom. The van der Waals surface area contributed by atoms with E-state index in [9.17, 15) is 15.0 Å². The van der Waals surface area contributed by atoms with Crippen molar-refractivity contribution in [2.45, 2.75) is 18.9 Å². The molecule has 2 N–H and O–H groups in total. The van der Waals surface area contributed by atoms with Gasteiger partial charge in [-0.1, -0.05) is 60.2 Å². The van der Waals surface area contributed by atoms with E-state index in [0.29, 0.717) is 11.1 Å². The van der Waals surface area contributed by atoms with Crippen molar-refractivity contribution in [2.75, 3.05) is 0 Å². The number of benzene rings is 2. The minimum absolute atomic E-state index is 0.600. The van der Waals surface area contributed by atoms with E-state index in [-0.39, 0.29) is 0 Å². The molecule has 0 bridgehead atoms. The third-order valence-electron chi connectivity index (χ3n) is 3.16. The first-order valence-electron chi connectivity index (χ1n) is 6.12. The summed E-state index contributed by atoms with van der Waals surface area (Å²) >= 11 is 0. The van der Waals surface area contributed by atoms with Gasteiger partial charge in [-0.2, -0.15) is 0 Å². The molecule has 0 saturated carbocycles. The number of carboxylic acid groups (broad SMARTS) is 1. The number of carbonyl (C=O) groups is 1. The molecule has 0 radical (unpaired) electrons. The van der Waals surface area contributed by atoms with Gasteiger partial charge in [0.1, 0.15) is 5.92 Å². The van der Waals surface area contributed by atoms with Gasteiger partial charge < -0.3 is 10.2 Å². The van der Waals surface area contributed by atoms with Crippen molar-refractivity contribution in [1.82, 2.24) is 0 Å². The van der Waals surface area contributed by atoms with Crippen molar-refractivity contribution >= 4 is 5.97 Å². The zero-order chi connectivity index (χ0) is 13.8. The normalized spacial score (nSPS) is 13.8. The van der Waals surface area contributed by atoms with Crippen LogP contribution in [0.4, 0.5) is 0 Å². The standard InChI is InChI=1S/C16H16O3/c1-11-7-9-13(10-8-11)15(17)14(16(18)19)12-5-3-2-4-6-12/h2-10,14-15,17H,1H3,(H,18,19). The lowest BCUT2D eigenvalue weighted by Gasteiger charge is -2.20. The SMILES string of the molecule is Cc1ccc(C(O)C(C(=O)O)c2ccccc2)cc1. The molecular weight excluding hydrogens is 240 g/mol. The molecule has 2 aromatic rings. The van der Waals surface area contributed by atoms with Gasteiger partial charge in [-0.15, -0.1) is 0 Å². The Bertz CT molecular complexity index is 546. The first-order valence-corrected chi connectivity index (χ1v) is 6.12. The summed E-state index contributed by atoms with van der Waals surface area (Å²) in [6.07, 6.45) is -1.06. The molecule has 0 aromatic heterocycles. The maximum Gasteiger partial charge on any atom is 0.314 e. The highest BCUT2D eigenvalue weighted by molar-refractivity contribution is 5.77. The molecule has 19 heavy (non-hydrogen) atoms. The molecule has 2 unspecified atom stereocenters. The summed E-state index contributed by atoms with van der Waals surface area (Å²) in [5.41, 5.74) is 2.28. The van der Waals surface area contributed by atoms with Crippen LogP contribution in [0.1, 0.15) is 28.7 Å². The number of hydrogen-bond acceptors (Lipinski definition) is 2. The molecule has 0 aliphatic rings. The smallest absolute Gasteiger partial charge is 0.314 e. The molecule has 0 spiro atoms. The van der Waals surface area contributed by atoms with E-state index in [1.807, 2.05) is 25.1 Å². The van der Waals surface area contributed by atoms with Gasteiger partial charge in [0.05, 0.1) is 6.10 Å². The Morgan fingerprint density at radius 2 is 1.53 bits per heavy atom. The zero-order valence-corrected chi connectivity index (χ0v) is 10.7. The summed E-state index contributed by atoms with van der Waals surface area (Å²) in [5.74, 6) is -1.98. The van der Waals surface area contributed by atoms with Crippen LogP contribution in [0.25, 0.3) is 0 Å². The monoisotopic (exact) mass is 256 g/mol. The average Bonchev–Trinajstić information content (AvgIpc) is 2.40. The quantitative estimate of drug-likeness (QED) is 0.884. The second-order valence-corrected chi connectivity index (χ2v) is 4.58. The Hall–Kier alpha value is -2.13.